The number of allylic oxidation sites excluding steroid dienone is 2. The third kappa shape index (κ3) is 0.932. The van der Waals surface area contributed by atoms with Gasteiger partial charge >= 0.3 is 0 Å². The van der Waals surface area contributed by atoms with Gasteiger partial charge in [0.25, 0.3) is 0 Å². The number of nitrogens with one attached hydrogen (secondary N) is 2. The molecular formula is C5H9N3. The van der Waals surface area contributed by atoms with Gasteiger partial charge in [0, 0.05) is 11.9 Å². The highest BCUT2D eigenvalue weighted by Gasteiger charge is 1.92. The van der Waals surface area contributed by atoms with E-state index in [4.69, 9.17) is 5.73 Å². The van der Waals surface area contributed by atoms with Crippen molar-refractivity contribution in [3.63, 3.8) is 0 Å². The van der Waals surface area contributed by atoms with E-state index in [0.29, 0.717) is 0 Å². The highest BCUT2D eigenvalue weighted by atomic mass is 15.4. The molecule has 0 radical (unpaired) electrons. The summed E-state index contributed by atoms with van der Waals surface area (Å²) in [5.74, 6) is 0. The molecule has 1 aliphatic heterocycles. The minimum Gasteiger partial charge on any atom is -0.397 e. The van der Waals surface area contributed by atoms with Crippen LogP contribution in [0.5, 0.6) is 0 Å². The standard InChI is InChI=1S/C5H9N3/c1-4-2-5(6)3-7-8-4/h2-3,7-8H,6H2,1H3. The lowest BCUT2D eigenvalue weighted by atomic mass is 10.3. The van der Waals surface area contributed by atoms with Crippen molar-refractivity contribution in [2.75, 3.05) is 0 Å². The SMILES string of the molecule is CC1=CC(N)=CNN1. The van der Waals surface area contributed by atoms with Gasteiger partial charge in [-0.1, -0.05) is 0 Å². The van der Waals surface area contributed by atoms with Gasteiger partial charge in [0.15, 0.2) is 0 Å². The Bertz CT molecular complexity index is 146. The topological polar surface area (TPSA) is 50.1 Å². The molecule has 3 nitrogen and oxygen atoms in total. The molecule has 0 aromatic rings. The second-order valence-corrected chi connectivity index (χ2v) is 1.74. The Labute approximate surface area is 48.2 Å². The van der Waals surface area contributed by atoms with Crippen LogP contribution >= 0.6 is 0 Å². The van der Waals surface area contributed by atoms with Crippen LogP contribution in [0, 0.1) is 0 Å². The first-order chi connectivity index (χ1) is 3.79. The molecule has 1 heterocycles. The Balaban J connectivity index is 2.69. The fraction of sp³-hybridized carbons (Fsp3) is 0.200. The molecule has 0 bridgehead atoms. The Morgan fingerprint density at radius 2 is 2.38 bits per heavy atom. The van der Waals surface area contributed by atoms with E-state index in [0.717, 1.165) is 11.4 Å². The van der Waals surface area contributed by atoms with Crippen LogP contribution in [0.1, 0.15) is 6.92 Å². The van der Waals surface area contributed by atoms with Crippen LogP contribution in [0.2, 0.25) is 0 Å². The van der Waals surface area contributed by atoms with E-state index in [1.54, 1.807) is 6.20 Å². The number of rotatable bonds is 0. The second kappa shape index (κ2) is 1.78. The van der Waals surface area contributed by atoms with Crippen LogP contribution in [-0.2, 0) is 0 Å². The van der Waals surface area contributed by atoms with Crippen LogP contribution in [0.3, 0.4) is 0 Å². The maximum absolute atomic E-state index is 5.41. The van der Waals surface area contributed by atoms with Crippen molar-refractivity contribution in [1.29, 1.82) is 0 Å². The zero-order chi connectivity index (χ0) is 5.98. The largest absolute Gasteiger partial charge is 0.397 e. The molecule has 0 saturated carbocycles. The van der Waals surface area contributed by atoms with Crippen molar-refractivity contribution in [2.45, 2.75) is 6.92 Å². The predicted molar refractivity (Wildman–Crippen MR) is 32.3 cm³/mol. The lowest BCUT2D eigenvalue weighted by Gasteiger charge is -2.10. The monoisotopic (exact) mass is 111 g/mol. The minimum absolute atomic E-state index is 0.751. The molecule has 0 aromatic carbocycles. The summed E-state index contributed by atoms with van der Waals surface area (Å²) in [5.41, 5.74) is 12.8. The Morgan fingerprint density at radius 3 is 2.75 bits per heavy atom. The van der Waals surface area contributed by atoms with Crippen molar-refractivity contribution < 1.29 is 0 Å². The highest BCUT2D eigenvalue weighted by molar-refractivity contribution is 5.20. The molecule has 0 saturated heterocycles. The summed E-state index contributed by atoms with van der Waals surface area (Å²) < 4.78 is 0. The third-order valence-electron chi connectivity index (χ3n) is 0.891. The first-order valence-corrected chi connectivity index (χ1v) is 2.44. The molecule has 44 valence electrons. The van der Waals surface area contributed by atoms with Crippen molar-refractivity contribution in [2.24, 2.45) is 5.73 Å². The molecule has 4 N–H and O–H groups in total. The maximum atomic E-state index is 5.41. The van der Waals surface area contributed by atoms with Gasteiger partial charge in [-0.25, -0.2) is 0 Å². The van der Waals surface area contributed by atoms with E-state index < -0.39 is 0 Å². The first kappa shape index (κ1) is 5.03. The average Bonchev–Trinajstić information content (AvgIpc) is 1.64. The molecule has 1 aliphatic rings. The molecule has 0 atom stereocenters. The number of hydrogen-bond donors (Lipinski definition) is 3. The predicted octanol–water partition coefficient (Wildman–Crippen LogP) is -0.202. The van der Waals surface area contributed by atoms with E-state index in [9.17, 15) is 0 Å². The molecule has 0 fully saturated rings. The fourth-order valence-corrected chi connectivity index (χ4v) is 0.561. The van der Waals surface area contributed by atoms with Crippen LogP contribution in [0.4, 0.5) is 0 Å². The molecule has 1 rings (SSSR count). The lowest BCUT2D eigenvalue weighted by Crippen LogP contribution is -2.29. The van der Waals surface area contributed by atoms with Crippen LogP contribution in [0.15, 0.2) is 23.7 Å². The van der Waals surface area contributed by atoms with Gasteiger partial charge in [0.1, 0.15) is 0 Å². The molecular weight excluding hydrogens is 102 g/mol. The van der Waals surface area contributed by atoms with Gasteiger partial charge < -0.3 is 16.6 Å². The summed E-state index contributed by atoms with van der Waals surface area (Å²) >= 11 is 0. The van der Waals surface area contributed by atoms with Gasteiger partial charge in [-0.05, 0) is 13.0 Å². The normalized spacial score (nSPS) is 17.6. The third-order valence-corrected chi connectivity index (χ3v) is 0.891. The van der Waals surface area contributed by atoms with Crippen LogP contribution < -0.4 is 16.6 Å². The molecule has 8 heavy (non-hydrogen) atoms. The highest BCUT2D eigenvalue weighted by Crippen LogP contribution is 1.94. The van der Waals surface area contributed by atoms with Crippen molar-refractivity contribution in [3.05, 3.63) is 23.7 Å². The summed E-state index contributed by atoms with van der Waals surface area (Å²) in [6.45, 7) is 1.94. The second-order valence-electron chi connectivity index (χ2n) is 1.74. The molecule has 0 spiro atoms. The van der Waals surface area contributed by atoms with E-state index >= 15 is 0 Å². The quantitative estimate of drug-likeness (QED) is 0.405. The van der Waals surface area contributed by atoms with Gasteiger partial charge in [0.2, 0.25) is 0 Å². The van der Waals surface area contributed by atoms with Crippen molar-refractivity contribution >= 4 is 0 Å². The zero-order valence-corrected chi connectivity index (χ0v) is 4.73. The van der Waals surface area contributed by atoms with E-state index in [1.807, 2.05) is 13.0 Å². The minimum atomic E-state index is 0.751. The molecule has 3 heteroatoms. The Kier molecular flexibility index (Phi) is 1.12. The average molecular weight is 111 g/mol. The van der Waals surface area contributed by atoms with Gasteiger partial charge in [-0.15, -0.1) is 0 Å². The first-order valence-electron chi connectivity index (χ1n) is 2.44. The Hall–Kier alpha value is -1.12. The number of nitrogens with two attached hydrogens (primary N) is 1. The molecule has 0 unspecified atom stereocenters. The van der Waals surface area contributed by atoms with Crippen LogP contribution in [0.25, 0.3) is 0 Å². The molecule has 0 amide bonds. The summed E-state index contributed by atoms with van der Waals surface area (Å²) in [6.07, 6.45) is 3.56. The van der Waals surface area contributed by atoms with Crippen molar-refractivity contribution in [3.8, 4) is 0 Å². The maximum Gasteiger partial charge on any atom is 0.0510 e. The van der Waals surface area contributed by atoms with Gasteiger partial charge in [0.05, 0.1) is 5.70 Å². The summed E-state index contributed by atoms with van der Waals surface area (Å²) in [4.78, 5) is 0. The van der Waals surface area contributed by atoms with Crippen molar-refractivity contribution in [1.82, 2.24) is 10.9 Å². The van der Waals surface area contributed by atoms with E-state index in [2.05, 4.69) is 10.9 Å². The lowest BCUT2D eigenvalue weighted by molar-refractivity contribution is 0.709. The zero-order valence-electron chi connectivity index (χ0n) is 4.73. The molecule has 0 aliphatic carbocycles. The molecule has 0 aromatic heterocycles. The number of hydrazine groups is 1. The van der Waals surface area contributed by atoms with Gasteiger partial charge in [-0.2, -0.15) is 0 Å². The smallest absolute Gasteiger partial charge is 0.0510 e. The summed E-state index contributed by atoms with van der Waals surface area (Å²) in [6, 6.07) is 0. The number of hydrogen-bond acceptors (Lipinski definition) is 3. The van der Waals surface area contributed by atoms with Crippen LogP contribution in [-0.4, -0.2) is 0 Å². The van der Waals surface area contributed by atoms with E-state index in [1.165, 1.54) is 0 Å². The van der Waals surface area contributed by atoms with Gasteiger partial charge in [-0.3, -0.25) is 0 Å². The summed E-state index contributed by atoms with van der Waals surface area (Å²) in [5, 5.41) is 0. The van der Waals surface area contributed by atoms with E-state index in [-0.39, 0.29) is 0 Å². The Morgan fingerprint density at radius 1 is 1.62 bits per heavy atom. The summed E-state index contributed by atoms with van der Waals surface area (Å²) in [7, 11) is 0. The fourth-order valence-electron chi connectivity index (χ4n) is 0.561.